The molecule has 1 aliphatic rings. The van der Waals surface area contributed by atoms with Gasteiger partial charge in [0.2, 0.25) is 0 Å². The van der Waals surface area contributed by atoms with Crippen molar-refractivity contribution in [2.75, 3.05) is 6.54 Å². The standard InChI is InChI=1S/C15H19F4N/c16-14-11(5-4-8-13(14)15(17,18)19)9-10-20-12-6-2-1-3-7-12/h4-5,8,12,20H,1-3,6-7,9-10H2. The van der Waals surface area contributed by atoms with Gasteiger partial charge in [0, 0.05) is 6.04 Å². The summed E-state index contributed by atoms with van der Waals surface area (Å²) in [4.78, 5) is 0. The molecule has 0 atom stereocenters. The molecule has 2 rings (SSSR count). The van der Waals surface area contributed by atoms with Crippen molar-refractivity contribution in [1.82, 2.24) is 5.32 Å². The van der Waals surface area contributed by atoms with Crippen molar-refractivity contribution in [1.29, 1.82) is 0 Å². The third-order valence-corrected chi connectivity index (χ3v) is 3.82. The van der Waals surface area contributed by atoms with Crippen molar-refractivity contribution in [3.8, 4) is 0 Å². The van der Waals surface area contributed by atoms with E-state index in [4.69, 9.17) is 0 Å². The van der Waals surface area contributed by atoms with Gasteiger partial charge in [0.1, 0.15) is 5.82 Å². The molecule has 1 saturated carbocycles. The first-order valence-corrected chi connectivity index (χ1v) is 7.06. The quantitative estimate of drug-likeness (QED) is 0.814. The first-order chi connectivity index (χ1) is 9.48. The van der Waals surface area contributed by atoms with Gasteiger partial charge in [-0.15, -0.1) is 0 Å². The Kier molecular flexibility index (Phi) is 5.02. The van der Waals surface area contributed by atoms with Gasteiger partial charge in [-0.1, -0.05) is 31.4 Å². The minimum Gasteiger partial charge on any atom is -0.314 e. The molecular weight excluding hydrogens is 270 g/mol. The average molecular weight is 289 g/mol. The number of alkyl halides is 3. The van der Waals surface area contributed by atoms with E-state index in [-0.39, 0.29) is 12.0 Å². The molecule has 0 aromatic heterocycles. The Hall–Kier alpha value is -1.10. The SMILES string of the molecule is Fc1c(CCNC2CCCCC2)cccc1C(F)(F)F. The number of halogens is 4. The highest BCUT2D eigenvalue weighted by atomic mass is 19.4. The van der Waals surface area contributed by atoms with E-state index in [1.54, 1.807) is 0 Å². The lowest BCUT2D eigenvalue weighted by atomic mass is 9.95. The zero-order valence-corrected chi connectivity index (χ0v) is 11.3. The lowest BCUT2D eigenvalue weighted by Gasteiger charge is -2.23. The number of nitrogens with one attached hydrogen (secondary N) is 1. The van der Waals surface area contributed by atoms with E-state index < -0.39 is 17.6 Å². The monoisotopic (exact) mass is 289 g/mol. The van der Waals surface area contributed by atoms with Gasteiger partial charge in [-0.05, 0) is 37.4 Å². The Morgan fingerprint density at radius 2 is 1.80 bits per heavy atom. The summed E-state index contributed by atoms with van der Waals surface area (Å²) in [6.07, 6.45) is 1.49. The molecule has 0 saturated heterocycles. The van der Waals surface area contributed by atoms with Crippen molar-refractivity contribution < 1.29 is 17.6 Å². The Labute approximate surface area is 116 Å². The van der Waals surface area contributed by atoms with Crippen molar-refractivity contribution in [3.05, 3.63) is 35.1 Å². The van der Waals surface area contributed by atoms with E-state index in [0.29, 0.717) is 12.6 Å². The Morgan fingerprint density at radius 3 is 2.45 bits per heavy atom. The van der Waals surface area contributed by atoms with E-state index in [1.807, 2.05) is 0 Å². The van der Waals surface area contributed by atoms with E-state index in [0.717, 1.165) is 18.9 Å². The van der Waals surface area contributed by atoms with Gasteiger partial charge in [-0.25, -0.2) is 4.39 Å². The Bertz CT molecular complexity index is 436. The molecule has 0 unspecified atom stereocenters. The summed E-state index contributed by atoms with van der Waals surface area (Å²) in [6, 6.07) is 3.90. The average Bonchev–Trinajstić information content (AvgIpc) is 2.40. The van der Waals surface area contributed by atoms with Gasteiger partial charge >= 0.3 is 6.18 Å². The fourth-order valence-electron chi connectivity index (χ4n) is 2.71. The van der Waals surface area contributed by atoms with Gasteiger partial charge in [0.15, 0.2) is 0 Å². The molecule has 1 nitrogen and oxygen atoms in total. The molecule has 0 amide bonds. The molecule has 0 bridgehead atoms. The topological polar surface area (TPSA) is 12.0 Å². The molecular formula is C15H19F4N. The molecule has 1 aromatic rings. The maximum atomic E-state index is 13.8. The van der Waals surface area contributed by atoms with Crippen LogP contribution in [0.5, 0.6) is 0 Å². The molecule has 0 radical (unpaired) electrons. The fraction of sp³-hybridized carbons (Fsp3) is 0.600. The lowest BCUT2D eigenvalue weighted by molar-refractivity contribution is -0.140. The highest BCUT2D eigenvalue weighted by Gasteiger charge is 2.34. The number of hydrogen-bond acceptors (Lipinski definition) is 1. The van der Waals surface area contributed by atoms with Gasteiger partial charge < -0.3 is 5.32 Å². The Morgan fingerprint density at radius 1 is 1.10 bits per heavy atom. The summed E-state index contributed by atoms with van der Waals surface area (Å²) in [5, 5.41) is 3.31. The van der Waals surface area contributed by atoms with Gasteiger partial charge in [0.25, 0.3) is 0 Å². The lowest BCUT2D eigenvalue weighted by Crippen LogP contribution is -2.32. The molecule has 1 N–H and O–H groups in total. The zero-order chi connectivity index (χ0) is 14.6. The maximum absolute atomic E-state index is 13.8. The van der Waals surface area contributed by atoms with Crippen LogP contribution >= 0.6 is 0 Å². The van der Waals surface area contributed by atoms with Gasteiger partial charge in [0.05, 0.1) is 5.56 Å². The summed E-state index contributed by atoms with van der Waals surface area (Å²) in [5.41, 5.74) is -1.05. The second-order valence-electron chi connectivity index (χ2n) is 5.32. The largest absolute Gasteiger partial charge is 0.419 e. The third kappa shape index (κ3) is 3.95. The molecule has 5 heteroatoms. The predicted molar refractivity (Wildman–Crippen MR) is 70.0 cm³/mol. The summed E-state index contributed by atoms with van der Waals surface area (Å²) in [5.74, 6) is -1.13. The second-order valence-corrected chi connectivity index (χ2v) is 5.32. The highest BCUT2D eigenvalue weighted by Crippen LogP contribution is 2.32. The van der Waals surface area contributed by atoms with Crippen LogP contribution in [0.3, 0.4) is 0 Å². The van der Waals surface area contributed by atoms with E-state index >= 15 is 0 Å². The number of rotatable bonds is 4. The number of benzene rings is 1. The molecule has 20 heavy (non-hydrogen) atoms. The van der Waals surface area contributed by atoms with Crippen LogP contribution < -0.4 is 5.32 Å². The van der Waals surface area contributed by atoms with Crippen LogP contribution in [0, 0.1) is 5.82 Å². The van der Waals surface area contributed by atoms with Gasteiger partial charge in [-0.2, -0.15) is 13.2 Å². The minimum absolute atomic E-state index is 0.128. The molecule has 1 aliphatic carbocycles. The first-order valence-electron chi connectivity index (χ1n) is 7.06. The smallest absolute Gasteiger partial charge is 0.314 e. The van der Waals surface area contributed by atoms with Gasteiger partial charge in [-0.3, -0.25) is 0 Å². The summed E-state index contributed by atoms with van der Waals surface area (Å²) in [7, 11) is 0. The molecule has 0 spiro atoms. The van der Waals surface area contributed by atoms with Crippen molar-refractivity contribution in [2.24, 2.45) is 0 Å². The van der Waals surface area contributed by atoms with Crippen molar-refractivity contribution in [2.45, 2.75) is 50.7 Å². The van der Waals surface area contributed by atoms with Crippen LogP contribution in [-0.4, -0.2) is 12.6 Å². The minimum atomic E-state index is -4.63. The first kappa shape index (κ1) is 15.3. The normalized spacial score (nSPS) is 17.4. The molecule has 0 heterocycles. The van der Waals surface area contributed by atoms with Crippen LogP contribution in [0.2, 0.25) is 0 Å². The summed E-state index contributed by atoms with van der Waals surface area (Å²) < 4.78 is 51.5. The van der Waals surface area contributed by atoms with Crippen molar-refractivity contribution >= 4 is 0 Å². The predicted octanol–water partition coefficient (Wildman–Crippen LogP) is 4.31. The molecule has 1 fully saturated rings. The molecule has 0 aliphatic heterocycles. The zero-order valence-electron chi connectivity index (χ0n) is 11.3. The van der Waals surface area contributed by atoms with Crippen LogP contribution in [0.15, 0.2) is 18.2 Å². The van der Waals surface area contributed by atoms with E-state index in [2.05, 4.69) is 5.32 Å². The van der Waals surface area contributed by atoms with Crippen molar-refractivity contribution in [3.63, 3.8) is 0 Å². The molecule has 1 aromatic carbocycles. The fourth-order valence-corrected chi connectivity index (χ4v) is 2.71. The van der Waals surface area contributed by atoms with Crippen LogP contribution in [0.25, 0.3) is 0 Å². The number of hydrogen-bond donors (Lipinski definition) is 1. The summed E-state index contributed by atoms with van der Waals surface area (Å²) in [6.45, 7) is 0.517. The second kappa shape index (κ2) is 6.57. The van der Waals surface area contributed by atoms with Crippen LogP contribution in [0.1, 0.15) is 43.2 Å². The van der Waals surface area contributed by atoms with Crippen LogP contribution in [-0.2, 0) is 12.6 Å². The third-order valence-electron chi connectivity index (χ3n) is 3.82. The van der Waals surface area contributed by atoms with Crippen LogP contribution in [0.4, 0.5) is 17.6 Å². The maximum Gasteiger partial charge on any atom is 0.419 e. The highest BCUT2D eigenvalue weighted by molar-refractivity contribution is 5.28. The Balaban J connectivity index is 1.92. The van der Waals surface area contributed by atoms with E-state index in [1.165, 1.54) is 31.4 Å². The summed E-state index contributed by atoms with van der Waals surface area (Å²) >= 11 is 0. The van der Waals surface area contributed by atoms with E-state index in [9.17, 15) is 17.6 Å². The molecule has 112 valence electrons.